The predicted molar refractivity (Wildman–Crippen MR) is 65.8 cm³/mol. The fourth-order valence-electron chi connectivity index (χ4n) is 1.81. The Hall–Kier alpha value is -1.61. The maximum atomic E-state index is 5.50. The molecule has 1 aromatic carbocycles. The number of aromatic nitrogens is 1. The maximum Gasteiger partial charge on any atom is 0.120 e. The van der Waals surface area contributed by atoms with Crippen molar-refractivity contribution in [2.45, 2.75) is 13.8 Å². The first-order chi connectivity index (χ1) is 7.70. The molecule has 3 heteroatoms. The van der Waals surface area contributed by atoms with E-state index >= 15 is 0 Å². The Morgan fingerprint density at radius 2 is 2.06 bits per heavy atom. The number of rotatable bonds is 3. The van der Waals surface area contributed by atoms with Crippen LogP contribution in [0.25, 0.3) is 10.9 Å². The summed E-state index contributed by atoms with van der Waals surface area (Å²) in [6.07, 6.45) is 0. The lowest BCUT2D eigenvalue weighted by molar-refractivity contribution is 0.329. The van der Waals surface area contributed by atoms with Crippen LogP contribution in [0.1, 0.15) is 11.3 Å². The molecular formula is C13H16N2O. The zero-order chi connectivity index (χ0) is 11.5. The van der Waals surface area contributed by atoms with Crippen LogP contribution in [0.5, 0.6) is 5.75 Å². The second kappa shape index (κ2) is 4.49. The van der Waals surface area contributed by atoms with Gasteiger partial charge in [0.1, 0.15) is 12.4 Å². The van der Waals surface area contributed by atoms with Gasteiger partial charge in [0, 0.05) is 17.6 Å². The van der Waals surface area contributed by atoms with Gasteiger partial charge in [-0.15, -0.1) is 0 Å². The number of nitrogens with two attached hydrogens (primary N) is 1. The van der Waals surface area contributed by atoms with Crippen LogP contribution in [0.4, 0.5) is 0 Å². The van der Waals surface area contributed by atoms with Crippen molar-refractivity contribution in [1.82, 2.24) is 4.98 Å². The van der Waals surface area contributed by atoms with Gasteiger partial charge in [-0.2, -0.15) is 0 Å². The highest BCUT2D eigenvalue weighted by atomic mass is 16.5. The molecule has 0 unspecified atom stereocenters. The van der Waals surface area contributed by atoms with Crippen LogP contribution >= 0.6 is 0 Å². The molecule has 0 atom stereocenters. The molecule has 84 valence electrons. The summed E-state index contributed by atoms with van der Waals surface area (Å²) in [5.41, 5.74) is 8.68. The highest BCUT2D eigenvalue weighted by Gasteiger charge is 2.02. The summed E-state index contributed by atoms with van der Waals surface area (Å²) in [7, 11) is 0. The summed E-state index contributed by atoms with van der Waals surface area (Å²) in [6, 6.07) is 8.02. The van der Waals surface area contributed by atoms with E-state index in [0.29, 0.717) is 13.2 Å². The van der Waals surface area contributed by atoms with Gasteiger partial charge in [0.15, 0.2) is 0 Å². The van der Waals surface area contributed by atoms with Gasteiger partial charge >= 0.3 is 0 Å². The molecule has 1 aromatic heterocycles. The molecule has 0 saturated carbocycles. The lowest BCUT2D eigenvalue weighted by atomic mass is 10.1. The largest absolute Gasteiger partial charge is 0.492 e. The van der Waals surface area contributed by atoms with Gasteiger partial charge in [-0.3, -0.25) is 4.98 Å². The third-order valence-electron chi connectivity index (χ3n) is 2.50. The number of aryl methyl sites for hydroxylation is 2. The van der Waals surface area contributed by atoms with Crippen molar-refractivity contribution in [3.8, 4) is 5.75 Å². The van der Waals surface area contributed by atoms with Crippen LogP contribution in [0.2, 0.25) is 0 Å². The molecule has 2 rings (SSSR count). The van der Waals surface area contributed by atoms with Crippen LogP contribution < -0.4 is 10.5 Å². The van der Waals surface area contributed by atoms with Crippen molar-refractivity contribution in [1.29, 1.82) is 0 Å². The van der Waals surface area contributed by atoms with E-state index in [4.69, 9.17) is 10.5 Å². The Bertz CT molecular complexity index is 509. The molecule has 2 N–H and O–H groups in total. The van der Waals surface area contributed by atoms with Crippen molar-refractivity contribution in [3.63, 3.8) is 0 Å². The van der Waals surface area contributed by atoms with E-state index < -0.39 is 0 Å². The average Bonchev–Trinajstić information content (AvgIpc) is 2.26. The highest BCUT2D eigenvalue weighted by Crippen LogP contribution is 2.23. The van der Waals surface area contributed by atoms with Crippen molar-refractivity contribution in [2.75, 3.05) is 13.2 Å². The summed E-state index contributed by atoms with van der Waals surface area (Å²) in [4.78, 5) is 4.48. The number of nitrogens with zero attached hydrogens (tertiary/aromatic N) is 1. The fraction of sp³-hybridized carbons (Fsp3) is 0.308. The number of benzene rings is 1. The van der Waals surface area contributed by atoms with Gasteiger partial charge in [-0.1, -0.05) is 0 Å². The summed E-state index contributed by atoms with van der Waals surface area (Å²) < 4.78 is 5.50. The SMILES string of the molecule is Cc1cc(C)c2cc(OCCN)ccc2n1. The lowest BCUT2D eigenvalue weighted by Crippen LogP contribution is -2.10. The summed E-state index contributed by atoms with van der Waals surface area (Å²) in [6.45, 7) is 5.17. The van der Waals surface area contributed by atoms with E-state index in [1.54, 1.807) is 0 Å². The Balaban J connectivity index is 2.45. The van der Waals surface area contributed by atoms with E-state index in [0.717, 1.165) is 22.3 Å². The molecule has 0 spiro atoms. The molecule has 1 heterocycles. The van der Waals surface area contributed by atoms with E-state index in [-0.39, 0.29) is 0 Å². The number of hydrogen-bond acceptors (Lipinski definition) is 3. The molecule has 3 nitrogen and oxygen atoms in total. The topological polar surface area (TPSA) is 48.1 Å². The van der Waals surface area contributed by atoms with Crippen LogP contribution in [0.15, 0.2) is 24.3 Å². The van der Waals surface area contributed by atoms with Crippen LogP contribution in [-0.2, 0) is 0 Å². The normalized spacial score (nSPS) is 10.7. The molecule has 0 aliphatic heterocycles. The third kappa shape index (κ3) is 2.14. The third-order valence-corrected chi connectivity index (χ3v) is 2.50. The standard InChI is InChI=1S/C13H16N2O/c1-9-7-10(2)15-13-4-3-11(8-12(9)13)16-6-5-14/h3-4,7-8H,5-6,14H2,1-2H3. The average molecular weight is 216 g/mol. The van der Waals surface area contributed by atoms with E-state index in [1.807, 2.05) is 25.1 Å². The summed E-state index contributed by atoms with van der Waals surface area (Å²) in [5, 5.41) is 1.14. The minimum Gasteiger partial charge on any atom is -0.492 e. The molecular weight excluding hydrogens is 200 g/mol. The number of fused-ring (bicyclic) bond motifs is 1. The van der Waals surface area contributed by atoms with E-state index in [9.17, 15) is 0 Å². The van der Waals surface area contributed by atoms with Gasteiger partial charge in [-0.05, 0) is 43.7 Å². The first-order valence-corrected chi connectivity index (χ1v) is 5.41. The Morgan fingerprint density at radius 1 is 1.25 bits per heavy atom. The quantitative estimate of drug-likeness (QED) is 0.855. The number of ether oxygens (including phenoxy) is 1. The minimum absolute atomic E-state index is 0.531. The van der Waals surface area contributed by atoms with Gasteiger partial charge in [-0.25, -0.2) is 0 Å². The van der Waals surface area contributed by atoms with Crippen LogP contribution in [0.3, 0.4) is 0 Å². The van der Waals surface area contributed by atoms with Crippen LogP contribution in [0, 0.1) is 13.8 Å². The van der Waals surface area contributed by atoms with E-state index in [1.165, 1.54) is 5.56 Å². The van der Waals surface area contributed by atoms with Crippen LogP contribution in [-0.4, -0.2) is 18.1 Å². The molecule has 0 fully saturated rings. The molecule has 0 aliphatic rings. The van der Waals surface area contributed by atoms with Crippen molar-refractivity contribution in [2.24, 2.45) is 5.73 Å². The van der Waals surface area contributed by atoms with Gasteiger partial charge < -0.3 is 10.5 Å². The van der Waals surface area contributed by atoms with Crippen molar-refractivity contribution in [3.05, 3.63) is 35.5 Å². The van der Waals surface area contributed by atoms with E-state index in [2.05, 4.69) is 18.0 Å². The second-order valence-corrected chi connectivity index (χ2v) is 3.90. The van der Waals surface area contributed by atoms with Crippen molar-refractivity contribution < 1.29 is 4.74 Å². The first kappa shape index (κ1) is 10.9. The highest BCUT2D eigenvalue weighted by molar-refractivity contribution is 5.83. The zero-order valence-electron chi connectivity index (χ0n) is 9.66. The monoisotopic (exact) mass is 216 g/mol. The van der Waals surface area contributed by atoms with Gasteiger partial charge in [0.2, 0.25) is 0 Å². The van der Waals surface area contributed by atoms with Crippen molar-refractivity contribution >= 4 is 10.9 Å². The fourth-order valence-corrected chi connectivity index (χ4v) is 1.81. The lowest BCUT2D eigenvalue weighted by Gasteiger charge is -2.08. The second-order valence-electron chi connectivity index (χ2n) is 3.90. The molecule has 2 aromatic rings. The van der Waals surface area contributed by atoms with Gasteiger partial charge in [0.05, 0.1) is 5.52 Å². The Morgan fingerprint density at radius 3 is 2.81 bits per heavy atom. The van der Waals surface area contributed by atoms with Gasteiger partial charge in [0.25, 0.3) is 0 Å². The number of hydrogen-bond donors (Lipinski definition) is 1. The molecule has 0 radical (unpaired) electrons. The maximum absolute atomic E-state index is 5.50. The minimum atomic E-state index is 0.531. The molecule has 16 heavy (non-hydrogen) atoms. The molecule has 0 amide bonds. The zero-order valence-corrected chi connectivity index (χ0v) is 9.66. The predicted octanol–water partition coefficient (Wildman–Crippen LogP) is 2.19. The molecule has 0 aliphatic carbocycles. The summed E-state index contributed by atoms with van der Waals surface area (Å²) in [5.74, 6) is 0.853. The Labute approximate surface area is 95.2 Å². The Kier molecular flexibility index (Phi) is 3.06. The first-order valence-electron chi connectivity index (χ1n) is 5.41. The molecule has 0 bridgehead atoms. The smallest absolute Gasteiger partial charge is 0.120 e. The number of pyridine rings is 1. The molecule has 0 saturated heterocycles. The summed E-state index contributed by atoms with van der Waals surface area (Å²) >= 11 is 0.